The average Bonchev–Trinajstić information content (AvgIpc) is 2.51. The van der Waals surface area contributed by atoms with E-state index in [1.54, 1.807) is 0 Å². The van der Waals surface area contributed by atoms with E-state index in [1.807, 2.05) is 13.8 Å². The monoisotopic (exact) mass is 332 g/mol. The molecule has 0 aromatic carbocycles. The fourth-order valence-electron chi connectivity index (χ4n) is 7.95. The van der Waals surface area contributed by atoms with Gasteiger partial charge in [-0.1, -0.05) is 13.3 Å². The number of carbonyl (C=O) groups excluding carboxylic acids is 1. The smallest absolute Gasteiger partial charge is 0.133 e. The molecule has 4 aliphatic rings. The minimum absolute atomic E-state index is 0.276. The first kappa shape index (κ1) is 17.1. The molecule has 24 heavy (non-hydrogen) atoms. The Hall–Kier alpha value is -0.370. The number of carbonyl (C=O) groups is 1. The number of fused-ring (bicyclic) bond motifs is 5. The van der Waals surface area contributed by atoms with Crippen molar-refractivity contribution in [2.24, 2.45) is 40.9 Å². The van der Waals surface area contributed by atoms with E-state index in [0.29, 0.717) is 11.7 Å². The second kappa shape index (κ2) is 5.83. The van der Waals surface area contributed by atoms with Gasteiger partial charge < -0.3 is 5.11 Å². The Labute approximate surface area is 147 Å². The maximum atomic E-state index is 12.3. The van der Waals surface area contributed by atoms with Crippen molar-refractivity contribution in [3.05, 3.63) is 0 Å². The zero-order chi connectivity index (χ0) is 17.1. The van der Waals surface area contributed by atoms with Crippen LogP contribution in [0.5, 0.6) is 0 Å². The number of hydrogen-bond donors (Lipinski definition) is 1. The summed E-state index contributed by atoms with van der Waals surface area (Å²) in [6.07, 6.45) is 12.3. The zero-order valence-electron chi connectivity index (χ0n) is 15.9. The van der Waals surface area contributed by atoms with Gasteiger partial charge in [0, 0.05) is 5.92 Å². The molecule has 8 atom stereocenters. The molecule has 4 saturated carbocycles. The van der Waals surface area contributed by atoms with Crippen LogP contribution >= 0.6 is 0 Å². The highest BCUT2D eigenvalue weighted by Gasteiger charge is 2.56. The van der Waals surface area contributed by atoms with Crippen LogP contribution in [0.1, 0.15) is 85.0 Å². The van der Waals surface area contributed by atoms with Crippen LogP contribution in [-0.2, 0) is 4.79 Å². The molecule has 2 heteroatoms. The van der Waals surface area contributed by atoms with Gasteiger partial charge in [-0.05, 0) is 107 Å². The summed E-state index contributed by atoms with van der Waals surface area (Å²) in [5, 5.41) is 10.5. The van der Waals surface area contributed by atoms with E-state index in [9.17, 15) is 9.90 Å². The fraction of sp³-hybridized carbons (Fsp3) is 0.955. The molecule has 1 N–H and O–H groups in total. The predicted octanol–water partition coefficient (Wildman–Crippen LogP) is 4.99. The number of hydrogen-bond acceptors (Lipinski definition) is 2. The third kappa shape index (κ3) is 2.59. The molecule has 0 aromatic rings. The van der Waals surface area contributed by atoms with E-state index in [0.717, 1.165) is 48.9 Å². The maximum absolute atomic E-state index is 12.3. The Morgan fingerprint density at radius 2 is 1.67 bits per heavy atom. The van der Waals surface area contributed by atoms with Crippen molar-refractivity contribution < 1.29 is 9.90 Å². The van der Waals surface area contributed by atoms with Crippen LogP contribution in [0.3, 0.4) is 0 Å². The lowest BCUT2D eigenvalue weighted by Gasteiger charge is -2.60. The molecule has 2 nitrogen and oxygen atoms in total. The average molecular weight is 333 g/mol. The van der Waals surface area contributed by atoms with Crippen molar-refractivity contribution in [2.45, 2.75) is 90.6 Å². The third-order valence-electron chi connectivity index (χ3n) is 8.97. The van der Waals surface area contributed by atoms with Gasteiger partial charge in [0.1, 0.15) is 5.78 Å². The number of Topliss-reactive ketones (excluding diaryl/α,β-unsaturated/α-hetero) is 1. The van der Waals surface area contributed by atoms with E-state index in [2.05, 4.69) is 6.92 Å². The van der Waals surface area contributed by atoms with Crippen molar-refractivity contribution in [2.75, 3.05) is 0 Å². The predicted molar refractivity (Wildman–Crippen MR) is 96.5 cm³/mol. The van der Waals surface area contributed by atoms with Crippen LogP contribution in [0.15, 0.2) is 0 Å². The molecule has 0 saturated heterocycles. The van der Waals surface area contributed by atoms with Crippen molar-refractivity contribution in [3.63, 3.8) is 0 Å². The van der Waals surface area contributed by atoms with Crippen molar-refractivity contribution >= 4 is 5.78 Å². The van der Waals surface area contributed by atoms with Crippen LogP contribution in [-0.4, -0.2) is 16.5 Å². The molecule has 0 heterocycles. The van der Waals surface area contributed by atoms with Crippen molar-refractivity contribution in [1.82, 2.24) is 0 Å². The van der Waals surface area contributed by atoms with Gasteiger partial charge in [-0.15, -0.1) is 0 Å². The molecule has 0 spiro atoms. The van der Waals surface area contributed by atoms with E-state index in [1.165, 1.54) is 44.9 Å². The second-order valence-corrected chi connectivity index (χ2v) is 10.3. The van der Waals surface area contributed by atoms with Crippen LogP contribution in [0.4, 0.5) is 0 Å². The first-order valence-electron chi connectivity index (χ1n) is 10.5. The topological polar surface area (TPSA) is 37.3 Å². The normalized spacial score (nSPS) is 54.3. The molecule has 0 amide bonds. The molecular formula is C22H36O2. The summed E-state index contributed by atoms with van der Waals surface area (Å²) in [7, 11) is 0. The lowest BCUT2D eigenvalue weighted by atomic mass is 9.44. The number of aliphatic hydroxyl groups is 1. The van der Waals surface area contributed by atoms with Gasteiger partial charge in [0.25, 0.3) is 0 Å². The van der Waals surface area contributed by atoms with Gasteiger partial charge in [-0.3, -0.25) is 4.79 Å². The van der Waals surface area contributed by atoms with Crippen molar-refractivity contribution in [1.29, 1.82) is 0 Å². The molecular weight excluding hydrogens is 296 g/mol. The SMILES string of the molecule is CC(=O)[C@H]1CCC[C@H]2[C@@H]3CC[C@H]4C[C@](C)(O)CC[C@@H]4[C@H]3CC[C@]12C. The summed E-state index contributed by atoms with van der Waals surface area (Å²) in [4.78, 5) is 12.3. The van der Waals surface area contributed by atoms with Gasteiger partial charge in [0.05, 0.1) is 5.60 Å². The van der Waals surface area contributed by atoms with Gasteiger partial charge in [-0.25, -0.2) is 0 Å². The Bertz CT molecular complexity index is 510. The lowest BCUT2D eigenvalue weighted by molar-refractivity contribution is -0.146. The van der Waals surface area contributed by atoms with Gasteiger partial charge in [-0.2, -0.15) is 0 Å². The highest BCUT2D eigenvalue weighted by Crippen LogP contribution is 2.63. The zero-order valence-corrected chi connectivity index (χ0v) is 15.9. The Kier molecular flexibility index (Phi) is 4.14. The molecule has 0 aromatic heterocycles. The fourth-order valence-corrected chi connectivity index (χ4v) is 7.95. The van der Waals surface area contributed by atoms with E-state index < -0.39 is 5.60 Å². The van der Waals surface area contributed by atoms with Crippen LogP contribution < -0.4 is 0 Å². The molecule has 0 radical (unpaired) electrons. The molecule has 4 fully saturated rings. The highest BCUT2D eigenvalue weighted by atomic mass is 16.3. The van der Waals surface area contributed by atoms with Gasteiger partial charge in [0.2, 0.25) is 0 Å². The summed E-state index contributed by atoms with van der Waals surface area (Å²) in [5.41, 5.74) is -0.139. The molecule has 4 aliphatic carbocycles. The van der Waals surface area contributed by atoms with Crippen molar-refractivity contribution in [3.8, 4) is 0 Å². The van der Waals surface area contributed by atoms with Crippen LogP contribution in [0.25, 0.3) is 0 Å². The highest BCUT2D eigenvalue weighted by molar-refractivity contribution is 5.79. The standard InChI is InChI=1S/C22H36O2/c1-14(23)19-5-4-6-20-18-8-7-15-13-21(2,24)11-9-16(15)17(18)10-12-22(19,20)3/h15-20,24H,4-13H2,1-3H3/t15-,16-,17+,18+,19+,20-,21+,22+/m0/s1. The third-order valence-corrected chi connectivity index (χ3v) is 8.97. The summed E-state index contributed by atoms with van der Waals surface area (Å²) in [6.45, 7) is 6.34. The van der Waals surface area contributed by atoms with E-state index in [4.69, 9.17) is 0 Å². The minimum Gasteiger partial charge on any atom is -0.390 e. The Morgan fingerprint density at radius 3 is 2.42 bits per heavy atom. The quantitative estimate of drug-likeness (QED) is 0.735. The number of ketones is 1. The molecule has 0 bridgehead atoms. The Balaban J connectivity index is 1.57. The van der Waals surface area contributed by atoms with Crippen LogP contribution in [0.2, 0.25) is 0 Å². The number of rotatable bonds is 1. The summed E-state index contributed by atoms with van der Waals surface area (Å²) in [5.74, 6) is 4.89. The summed E-state index contributed by atoms with van der Waals surface area (Å²) < 4.78 is 0. The van der Waals surface area contributed by atoms with Gasteiger partial charge >= 0.3 is 0 Å². The first-order valence-corrected chi connectivity index (χ1v) is 10.5. The molecule has 0 aliphatic heterocycles. The minimum atomic E-state index is -0.415. The summed E-state index contributed by atoms with van der Waals surface area (Å²) >= 11 is 0. The summed E-state index contributed by atoms with van der Waals surface area (Å²) in [6, 6.07) is 0. The Morgan fingerprint density at radius 1 is 0.917 bits per heavy atom. The molecule has 4 rings (SSSR count). The molecule has 136 valence electrons. The first-order chi connectivity index (χ1) is 11.3. The second-order valence-electron chi connectivity index (χ2n) is 10.3. The van der Waals surface area contributed by atoms with E-state index >= 15 is 0 Å². The van der Waals surface area contributed by atoms with E-state index in [-0.39, 0.29) is 5.41 Å². The largest absolute Gasteiger partial charge is 0.390 e. The molecule has 0 unspecified atom stereocenters. The van der Waals surface area contributed by atoms with Gasteiger partial charge in [0.15, 0.2) is 0 Å². The maximum Gasteiger partial charge on any atom is 0.133 e. The lowest BCUT2D eigenvalue weighted by Crippen LogP contribution is -2.54. The van der Waals surface area contributed by atoms with Crippen LogP contribution in [0, 0.1) is 40.9 Å².